The smallest absolute Gasteiger partial charge is 0.0897 e. The minimum atomic E-state index is 1.02. The summed E-state index contributed by atoms with van der Waals surface area (Å²) in [4.78, 5) is 4.05. The molecule has 8 heavy (non-hydrogen) atoms. The van der Waals surface area contributed by atoms with Crippen molar-refractivity contribution >= 4 is 5.71 Å². The lowest BCUT2D eigenvalue weighted by atomic mass is 10.3. The highest BCUT2D eigenvalue weighted by atomic mass is 14.9. The summed E-state index contributed by atoms with van der Waals surface area (Å²) in [5, 5.41) is 3.04. The van der Waals surface area contributed by atoms with Crippen LogP contribution in [0.25, 0.3) is 0 Å². The maximum absolute atomic E-state index is 4.05. The lowest BCUT2D eigenvalue weighted by Crippen LogP contribution is -2.15. The summed E-state index contributed by atoms with van der Waals surface area (Å²) in [5.41, 5.74) is 2.12. The van der Waals surface area contributed by atoms with E-state index in [0.29, 0.717) is 0 Å². The molecule has 1 heterocycles. The van der Waals surface area contributed by atoms with Gasteiger partial charge in [0.05, 0.1) is 6.54 Å². The van der Waals surface area contributed by atoms with Crippen molar-refractivity contribution in [2.75, 3.05) is 0 Å². The normalized spacial score (nSPS) is 18.8. The standard InChI is InChI=1S/C6H9N2/c1-5-3-8-6(2)4-7-5/h3-4,7H,1-2H3. The molecule has 0 aromatic rings. The summed E-state index contributed by atoms with van der Waals surface area (Å²) in [6.07, 6.45) is 1.81. The molecule has 43 valence electrons. The van der Waals surface area contributed by atoms with E-state index in [1.54, 1.807) is 0 Å². The van der Waals surface area contributed by atoms with E-state index in [9.17, 15) is 0 Å². The van der Waals surface area contributed by atoms with E-state index in [-0.39, 0.29) is 0 Å². The van der Waals surface area contributed by atoms with E-state index in [0.717, 1.165) is 11.4 Å². The lowest BCUT2D eigenvalue weighted by molar-refractivity contribution is 0.981. The molecule has 0 bridgehead atoms. The molecule has 0 unspecified atom stereocenters. The average Bonchev–Trinajstić information content (AvgIpc) is 1.77. The largest absolute Gasteiger partial charge is 0.377 e. The Morgan fingerprint density at radius 3 is 2.62 bits per heavy atom. The van der Waals surface area contributed by atoms with Crippen molar-refractivity contribution < 1.29 is 0 Å². The maximum atomic E-state index is 4.05. The van der Waals surface area contributed by atoms with E-state index in [1.165, 1.54) is 0 Å². The number of allylic oxidation sites excluding steroid dienone is 1. The van der Waals surface area contributed by atoms with Gasteiger partial charge >= 0.3 is 0 Å². The first kappa shape index (κ1) is 5.35. The molecule has 0 saturated carbocycles. The molecule has 0 atom stereocenters. The van der Waals surface area contributed by atoms with Gasteiger partial charge in [-0.2, -0.15) is 0 Å². The Bertz CT molecular complexity index is 127. The van der Waals surface area contributed by atoms with Crippen LogP contribution in [0.3, 0.4) is 0 Å². The SMILES string of the molecule is CC1=CN=C(C)[CH]N1. The Kier molecular flexibility index (Phi) is 1.33. The second-order valence-corrected chi connectivity index (χ2v) is 1.87. The molecule has 0 spiro atoms. The van der Waals surface area contributed by atoms with Crippen molar-refractivity contribution in [2.45, 2.75) is 13.8 Å². The molecule has 0 saturated heterocycles. The van der Waals surface area contributed by atoms with Gasteiger partial charge in [0, 0.05) is 17.6 Å². The monoisotopic (exact) mass is 109 g/mol. The van der Waals surface area contributed by atoms with Crippen molar-refractivity contribution in [3.8, 4) is 0 Å². The second kappa shape index (κ2) is 1.99. The Balaban J connectivity index is 2.65. The Morgan fingerprint density at radius 2 is 2.25 bits per heavy atom. The lowest BCUT2D eigenvalue weighted by Gasteiger charge is -2.07. The first-order valence-electron chi connectivity index (χ1n) is 2.60. The van der Waals surface area contributed by atoms with Gasteiger partial charge in [-0.3, -0.25) is 4.99 Å². The molecule has 0 aliphatic carbocycles. The fourth-order valence-corrected chi connectivity index (χ4v) is 0.491. The zero-order chi connectivity index (χ0) is 5.98. The second-order valence-electron chi connectivity index (χ2n) is 1.87. The van der Waals surface area contributed by atoms with Crippen molar-refractivity contribution in [3.63, 3.8) is 0 Å². The van der Waals surface area contributed by atoms with Crippen LogP contribution >= 0.6 is 0 Å². The third-order valence-corrected chi connectivity index (χ3v) is 0.971. The van der Waals surface area contributed by atoms with Crippen molar-refractivity contribution in [1.82, 2.24) is 5.32 Å². The highest BCUT2D eigenvalue weighted by Gasteiger charge is 1.95. The number of hydrogen-bond acceptors (Lipinski definition) is 2. The van der Waals surface area contributed by atoms with E-state index in [2.05, 4.69) is 10.3 Å². The van der Waals surface area contributed by atoms with E-state index < -0.39 is 0 Å². The third kappa shape index (κ3) is 1.09. The van der Waals surface area contributed by atoms with Gasteiger partial charge in [-0.1, -0.05) is 0 Å². The van der Waals surface area contributed by atoms with E-state index >= 15 is 0 Å². The molecular weight excluding hydrogens is 100 g/mol. The topological polar surface area (TPSA) is 24.4 Å². The molecular formula is C6H9N2. The highest BCUT2D eigenvalue weighted by Crippen LogP contribution is 1.96. The molecule has 2 heteroatoms. The highest BCUT2D eigenvalue weighted by molar-refractivity contribution is 5.91. The number of aliphatic imine (C=N–C) groups is 1. The molecule has 0 aromatic carbocycles. The van der Waals surface area contributed by atoms with Gasteiger partial charge < -0.3 is 5.32 Å². The Morgan fingerprint density at radius 1 is 1.50 bits per heavy atom. The first-order chi connectivity index (χ1) is 3.79. The van der Waals surface area contributed by atoms with Gasteiger partial charge in [0.2, 0.25) is 0 Å². The first-order valence-corrected chi connectivity index (χ1v) is 2.60. The molecule has 1 radical (unpaired) electrons. The Labute approximate surface area is 49.3 Å². The summed E-state index contributed by atoms with van der Waals surface area (Å²) in [5.74, 6) is 0. The molecule has 1 aliphatic heterocycles. The van der Waals surface area contributed by atoms with Crippen LogP contribution in [0.1, 0.15) is 13.8 Å². The van der Waals surface area contributed by atoms with E-state index in [1.807, 2.05) is 26.6 Å². The van der Waals surface area contributed by atoms with Crippen LogP contribution in [-0.2, 0) is 0 Å². The number of hydrogen-bond donors (Lipinski definition) is 1. The van der Waals surface area contributed by atoms with Crippen molar-refractivity contribution in [1.29, 1.82) is 0 Å². The molecule has 1 N–H and O–H groups in total. The van der Waals surface area contributed by atoms with Gasteiger partial charge in [-0.25, -0.2) is 0 Å². The number of rotatable bonds is 0. The number of nitrogens with one attached hydrogen (secondary N) is 1. The van der Waals surface area contributed by atoms with Crippen LogP contribution in [-0.4, -0.2) is 5.71 Å². The molecule has 0 amide bonds. The van der Waals surface area contributed by atoms with Crippen LogP contribution < -0.4 is 5.32 Å². The number of nitrogens with zero attached hydrogens (tertiary/aromatic N) is 1. The van der Waals surface area contributed by atoms with Crippen LogP contribution in [0.5, 0.6) is 0 Å². The summed E-state index contributed by atoms with van der Waals surface area (Å²) < 4.78 is 0. The average molecular weight is 109 g/mol. The molecule has 0 aromatic heterocycles. The van der Waals surface area contributed by atoms with Crippen LogP contribution in [0.2, 0.25) is 0 Å². The predicted octanol–water partition coefficient (Wildman–Crippen LogP) is 1.07. The van der Waals surface area contributed by atoms with Crippen LogP contribution in [0.15, 0.2) is 16.9 Å². The molecule has 1 aliphatic rings. The third-order valence-electron chi connectivity index (χ3n) is 0.971. The molecule has 0 fully saturated rings. The Hall–Kier alpha value is -0.790. The summed E-state index contributed by atoms with van der Waals surface area (Å²) >= 11 is 0. The summed E-state index contributed by atoms with van der Waals surface area (Å²) in [6.45, 7) is 5.82. The quantitative estimate of drug-likeness (QED) is 0.494. The van der Waals surface area contributed by atoms with E-state index in [4.69, 9.17) is 0 Å². The fraction of sp³-hybridized carbons (Fsp3) is 0.333. The van der Waals surface area contributed by atoms with Gasteiger partial charge in [0.15, 0.2) is 0 Å². The van der Waals surface area contributed by atoms with Crippen molar-refractivity contribution in [3.05, 3.63) is 18.4 Å². The minimum Gasteiger partial charge on any atom is -0.377 e. The fourth-order valence-electron chi connectivity index (χ4n) is 0.491. The summed E-state index contributed by atoms with van der Waals surface area (Å²) in [6, 6.07) is 0. The van der Waals surface area contributed by atoms with Gasteiger partial charge in [0.1, 0.15) is 0 Å². The molecule has 1 rings (SSSR count). The minimum absolute atomic E-state index is 1.02. The van der Waals surface area contributed by atoms with Crippen molar-refractivity contribution in [2.24, 2.45) is 4.99 Å². The van der Waals surface area contributed by atoms with Gasteiger partial charge in [0.25, 0.3) is 0 Å². The summed E-state index contributed by atoms with van der Waals surface area (Å²) in [7, 11) is 0. The zero-order valence-corrected chi connectivity index (χ0v) is 5.10. The zero-order valence-electron chi connectivity index (χ0n) is 5.10. The predicted molar refractivity (Wildman–Crippen MR) is 34.3 cm³/mol. The van der Waals surface area contributed by atoms with Crippen LogP contribution in [0.4, 0.5) is 0 Å². The van der Waals surface area contributed by atoms with Crippen LogP contribution in [0, 0.1) is 6.54 Å². The maximum Gasteiger partial charge on any atom is 0.0897 e. The van der Waals surface area contributed by atoms with Gasteiger partial charge in [-0.15, -0.1) is 0 Å². The van der Waals surface area contributed by atoms with Gasteiger partial charge in [-0.05, 0) is 13.8 Å². The molecule has 2 nitrogen and oxygen atoms in total.